The number of nitrogens with two attached hydrogens (primary N) is 1. The van der Waals surface area contributed by atoms with Crippen molar-refractivity contribution >= 4 is 88.6 Å². The molecule has 0 aliphatic carbocycles. The molecule has 5 atom stereocenters. The van der Waals surface area contributed by atoms with Crippen LogP contribution in [-0.4, -0.2) is 169 Å². The Labute approximate surface area is 370 Å². The van der Waals surface area contributed by atoms with Crippen LogP contribution in [0.1, 0.15) is 110 Å². The molecule has 9 amide bonds. The number of hydrogen-bond donors (Lipinski definition) is 5. The Morgan fingerprint density at radius 1 is 0.661 bits per heavy atom. The molecule has 2 aliphatic heterocycles. The minimum Gasteiger partial charge on any atom is -0.480 e. The smallest absolute Gasteiger partial charge is 0.326 e. The Hall–Kier alpha value is -4.73. The summed E-state index contributed by atoms with van der Waals surface area (Å²) in [6.45, 7) is 3.60. The summed E-state index contributed by atoms with van der Waals surface area (Å²) in [6.07, 6.45) is 5.05. The van der Waals surface area contributed by atoms with Crippen LogP contribution in [0.5, 0.6) is 0 Å². The molecule has 2 saturated heterocycles. The second-order valence-corrected chi connectivity index (χ2v) is 18.0. The monoisotopic (exact) mass is 913 g/mol. The van der Waals surface area contributed by atoms with Crippen molar-refractivity contribution in [2.75, 3.05) is 45.2 Å². The lowest BCUT2D eigenvalue weighted by molar-refractivity contribution is -0.148. The van der Waals surface area contributed by atoms with E-state index in [0.717, 1.165) is 9.80 Å². The molecule has 0 bridgehead atoms. The largest absolute Gasteiger partial charge is 0.480 e. The number of unbranched alkanes of at least 4 members (excludes halogenated alkanes) is 5. The highest BCUT2D eigenvalue weighted by Gasteiger charge is 2.39. The second kappa shape index (κ2) is 27.4. The van der Waals surface area contributed by atoms with Gasteiger partial charge in [-0.25, -0.2) is 9.59 Å². The molecule has 0 aromatic heterocycles. The summed E-state index contributed by atoms with van der Waals surface area (Å²) in [6, 6.07) is -2.82. The number of thioether (sulfide) groups is 2. The van der Waals surface area contributed by atoms with Crippen LogP contribution in [-0.2, 0) is 52.7 Å². The van der Waals surface area contributed by atoms with Gasteiger partial charge in [-0.3, -0.25) is 53.0 Å². The minimum absolute atomic E-state index is 0.0215. The predicted molar refractivity (Wildman–Crippen MR) is 229 cm³/mol. The van der Waals surface area contributed by atoms with E-state index in [2.05, 4.69) is 10.6 Å². The predicted octanol–water partition coefficient (Wildman–Crippen LogP) is 0.728. The van der Waals surface area contributed by atoms with Gasteiger partial charge in [0.2, 0.25) is 53.2 Å². The highest BCUT2D eigenvalue weighted by atomic mass is 32.2. The summed E-state index contributed by atoms with van der Waals surface area (Å²) < 4.78 is 0. The zero-order chi connectivity index (χ0) is 46.5. The van der Waals surface area contributed by atoms with Crippen molar-refractivity contribution in [3.8, 4) is 0 Å². The van der Waals surface area contributed by atoms with Crippen molar-refractivity contribution in [2.24, 2.45) is 5.73 Å². The van der Waals surface area contributed by atoms with Crippen molar-refractivity contribution in [1.29, 1.82) is 0 Å². The third-order valence-electron chi connectivity index (χ3n) is 10.8. The van der Waals surface area contributed by atoms with Gasteiger partial charge in [-0.15, -0.1) is 23.5 Å². The summed E-state index contributed by atoms with van der Waals surface area (Å²) in [7, 11) is 2.81. The zero-order valence-corrected chi connectivity index (χ0v) is 37.7. The van der Waals surface area contributed by atoms with Gasteiger partial charge in [0.15, 0.2) is 0 Å². The van der Waals surface area contributed by atoms with E-state index in [9.17, 15) is 52.7 Å². The van der Waals surface area contributed by atoms with Crippen LogP contribution in [0.3, 0.4) is 0 Å². The molecule has 2 rings (SSSR count). The number of nitrogens with zero attached hydrogens (tertiary/aromatic N) is 4. The van der Waals surface area contributed by atoms with Crippen LogP contribution in [0.2, 0.25) is 0 Å². The molecular weight excluding hydrogens is 851 g/mol. The van der Waals surface area contributed by atoms with Gasteiger partial charge >= 0.3 is 11.9 Å². The number of rotatable bonds is 31. The van der Waals surface area contributed by atoms with Gasteiger partial charge in [0.25, 0.3) is 0 Å². The van der Waals surface area contributed by atoms with E-state index in [1.165, 1.54) is 61.3 Å². The third-order valence-corrected chi connectivity index (χ3v) is 13.3. The lowest BCUT2D eigenvalue weighted by Gasteiger charge is -2.21. The molecule has 20 nitrogen and oxygen atoms in total. The van der Waals surface area contributed by atoms with Crippen molar-refractivity contribution in [3.05, 3.63) is 0 Å². The van der Waals surface area contributed by atoms with Crippen molar-refractivity contribution in [3.63, 3.8) is 0 Å². The van der Waals surface area contributed by atoms with Crippen molar-refractivity contribution < 1.29 is 63.0 Å². The van der Waals surface area contributed by atoms with Crippen LogP contribution >= 0.6 is 23.5 Å². The summed E-state index contributed by atoms with van der Waals surface area (Å²) in [5.74, 6) is -4.86. The maximum Gasteiger partial charge on any atom is 0.326 e. The molecule has 2 unspecified atom stereocenters. The zero-order valence-electron chi connectivity index (χ0n) is 36.1. The summed E-state index contributed by atoms with van der Waals surface area (Å²) >= 11 is 2.40. The molecule has 0 radical (unpaired) electrons. The van der Waals surface area contributed by atoms with Gasteiger partial charge in [-0.05, 0) is 58.8 Å². The molecular formula is C40H63N7O13S2. The third kappa shape index (κ3) is 17.9. The maximum atomic E-state index is 12.8. The molecule has 348 valence electrons. The van der Waals surface area contributed by atoms with Crippen LogP contribution in [0.4, 0.5) is 0 Å². The number of carboxylic acids is 2. The Morgan fingerprint density at radius 2 is 1.10 bits per heavy atom. The molecule has 2 heterocycles. The average molecular weight is 914 g/mol. The molecule has 0 aromatic carbocycles. The van der Waals surface area contributed by atoms with E-state index in [0.29, 0.717) is 57.9 Å². The number of imide groups is 2. The van der Waals surface area contributed by atoms with E-state index in [4.69, 9.17) is 15.9 Å². The molecule has 2 fully saturated rings. The van der Waals surface area contributed by atoms with Gasteiger partial charge in [0, 0.05) is 83.8 Å². The van der Waals surface area contributed by atoms with Crippen molar-refractivity contribution in [2.45, 2.75) is 139 Å². The van der Waals surface area contributed by atoms with Gasteiger partial charge in [-0.1, -0.05) is 12.8 Å². The number of carbonyl (C=O) groups is 11. The van der Waals surface area contributed by atoms with E-state index in [1.54, 1.807) is 0 Å². The molecule has 6 N–H and O–H groups in total. The lowest BCUT2D eigenvalue weighted by atomic mass is 10.1. The highest BCUT2D eigenvalue weighted by molar-refractivity contribution is 8.00. The number of nitrogens with one attached hydrogen (secondary N) is 2. The molecule has 0 spiro atoms. The fraction of sp³-hybridized carbons (Fsp3) is 0.725. The average Bonchev–Trinajstić information content (AvgIpc) is 3.65. The summed E-state index contributed by atoms with van der Waals surface area (Å²) in [5.41, 5.74) is 5.50. The Kier molecular flexibility index (Phi) is 23.6. The first-order valence-electron chi connectivity index (χ1n) is 21.0. The second-order valence-electron chi connectivity index (χ2n) is 15.4. The number of hydrogen-bond acceptors (Lipinski definition) is 13. The van der Waals surface area contributed by atoms with Crippen LogP contribution in [0.15, 0.2) is 0 Å². The van der Waals surface area contributed by atoms with Crippen molar-refractivity contribution in [1.82, 2.24) is 30.2 Å². The molecule has 62 heavy (non-hydrogen) atoms. The first kappa shape index (κ1) is 53.4. The quantitative estimate of drug-likeness (QED) is 0.0473. The van der Waals surface area contributed by atoms with E-state index in [1.807, 2.05) is 0 Å². The van der Waals surface area contributed by atoms with Gasteiger partial charge < -0.3 is 36.4 Å². The van der Waals surface area contributed by atoms with Crippen LogP contribution < -0.4 is 16.4 Å². The fourth-order valence-electron chi connectivity index (χ4n) is 6.54. The molecule has 2 aliphatic rings. The van der Waals surface area contributed by atoms with E-state index >= 15 is 0 Å². The minimum atomic E-state index is -1.12. The molecule has 0 saturated carbocycles. The first-order valence-corrected chi connectivity index (χ1v) is 23.1. The Bertz CT molecular complexity index is 1650. The first-order chi connectivity index (χ1) is 29.3. The Morgan fingerprint density at radius 3 is 1.52 bits per heavy atom. The van der Waals surface area contributed by atoms with Gasteiger partial charge in [0.05, 0.1) is 10.5 Å². The molecule has 22 heteroatoms. The number of primary amides is 1. The lowest BCUT2D eigenvalue weighted by Crippen LogP contribution is -2.44. The number of carbonyl (C=O) groups excluding carboxylic acids is 9. The SMILES string of the molecule is C[C@@H](C(=O)O)N(C)C(=O)CCSC1CC(=O)N(CCCCCC(=O)NCCCC[C@@H](NC(=O)CCCCCN2C(=O)CC(SCCC(=O)N(C)[C@@H](C)C(=O)O)C2=O)C(N)=O)C1=O. The van der Waals surface area contributed by atoms with Crippen LogP contribution in [0.25, 0.3) is 0 Å². The fourth-order valence-corrected chi connectivity index (χ4v) is 8.75. The number of likely N-dealkylation sites (N-methyl/N-ethyl adjacent to an activating group) is 2. The van der Waals surface area contributed by atoms with E-state index < -0.39 is 46.5 Å². The number of likely N-dealkylation sites (tertiary alicyclic amines) is 2. The van der Waals surface area contributed by atoms with Gasteiger partial charge in [0.1, 0.15) is 18.1 Å². The number of carboxylic acid groups (broad SMARTS) is 2. The van der Waals surface area contributed by atoms with E-state index in [-0.39, 0.29) is 117 Å². The summed E-state index contributed by atoms with van der Waals surface area (Å²) in [5, 5.41) is 22.4. The molecule has 0 aromatic rings. The Balaban J connectivity index is 1.54. The topological polar surface area (TPSA) is 291 Å². The standard InChI is InChI=1S/C40H63N7O13S2/c1-25(39(57)58)44(3)32(50)16-21-61-28-23-34(52)46(37(28)55)19-11-5-7-14-30(48)42-18-10-9-13-27(36(41)54)43-31(49)15-8-6-12-20-47-35(53)24-29(38(47)56)62-22-17-33(51)45(4)26(2)40(59)60/h25-29H,5-24H2,1-4H3,(H2,41,54)(H,42,48)(H,43,49)(H,57,58)(H,59,60)/t25-,26-,27+,28?,29?/m0/s1. The van der Waals surface area contributed by atoms with Crippen LogP contribution in [0, 0.1) is 0 Å². The highest BCUT2D eigenvalue weighted by Crippen LogP contribution is 2.28. The van der Waals surface area contributed by atoms with Gasteiger partial charge in [-0.2, -0.15) is 0 Å². The summed E-state index contributed by atoms with van der Waals surface area (Å²) in [4.78, 5) is 139. The number of amides is 9. The normalized spacial score (nSPS) is 17.7. The number of aliphatic carboxylic acids is 2. The maximum absolute atomic E-state index is 12.8.